The predicted molar refractivity (Wildman–Crippen MR) is 85.9 cm³/mol. The van der Waals surface area contributed by atoms with Gasteiger partial charge in [-0.3, -0.25) is 4.79 Å². The molecule has 0 spiro atoms. The third kappa shape index (κ3) is 2.47. The average Bonchev–Trinajstić information content (AvgIpc) is 2.70. The second-order valence-corrected chi connectivity index (χ2v) is 5.67. The lowest BCUT2D eigenvalue weighted by Crippen LogP contribution is -2.12. The number of carbonyl (C=O) groups excluding carboxylic acids is 1. The van der Waals surface area contributed by atoms with Crippen molar-refractivity contribution in [1.29, 1.82) is 0 Å². The van der Waals surface area contributed by atoms with Crippen molar-refractivity contribution < 1.29 is 14.3 Å². The Morgan fingerprint density at radius 2 is 1.36 bits per heavy atom. The summed E-state index contributed by atoms with van der Waals surface area (Å²) in [6.45, 7) is 1.66. The summed E-state index contributed by atoms with van der Waals surface area (Å²) in [5.74, 6) is 1.64. The first-order valence-corrected chi connectivity index (χ1v) is 7.48. The smallest absolute Gasteiger partial charge is 0.141 e. The molecule has 0 atom stereocenters. The molecule has 0 aliphatic heterocycles. The molecule has 114 valence electrons. The van der Waals surface area contributed by atoms with Gasteiger partial charge in [0, 0.05) is 0 Å². The fraction of sp³-hybridized carbons (Fsp3) is 0.316. The number of aryl methyl sites for hydroxylation is 2. The number of rotatable bonds is 3. The molecule has 0 N–H and O–H groups in total. The van der Waals surface area contributed by atoms with E-state index in [-0.39, 0.29) is 11.7 Å². The van der Waals surface area contributed by atoms with Gasteiger partial charge in [0.1, 0.15) is 17.3 Å². The minimum absolute atomic E-state index is 0.166. The summed E-state index contributed by atoms with van der Waals surface area (Å²) in [7, 11) is 3.33. The van der Waals surface area contributed by atoms with E-state index in [0.29, 0.717) is 0 Å². The molecule has 0 saturated carbocycles. The van der Waals surface area contributed by atoms with Gasteiger partial charge in [0.25, 0.3) is 0 Å². The molecular formula is C19H20O3. The van der Waals surface area contributed by atoms with E-state index in [9.17, 15) is 4.79 Å². The van der Waals surface area contributed by atoms with Gasteiger partial charge in [-0.05, 0) is 66.3 Å². The predicted octanol–water partition coefficient (Wildman–Crippen LogP) is 3.52. The number of hydrogen-bond acceptors (Lipinski definition) is 3. The van der Waals surface area contributed by atoms with Crippen LogP contribution in [0.4, 0.5) is 0 Å². The maximum absolute atomic E-state index is 12.3. The molecule has 22 heavy (non-hydrogen) atoms. The molecule has 0 saturated heterocycles. The molecule has 0 heterocycles. The lowest BCUT2D eigenvalue weighted by atomic mass is 9.85. The van der Waals surface area contributed by atoms with Gasteiger partial charge < -0.3 is 9.47 Å². The number of hydrogen-bond donors (Lipinski definition) is 0. The number of Topliss-reactive ketones (excluding diaryl/α,β-unsaturated/α-hetero) is 1. The van der Waals surface area contributed by atoms with Crippen molar-refractivity contribution in [3.63, 3.8) is 0 Å². The molecule has 1 aliphatic carbocycles. The largest absolute Gasteiger partial charge is 0.497 e. The summed E-state index contributed by atoms with van der Waals surface area (Å²) in [5, 5.41) is 0. The van der Waals surface area contributed by atoms with Crippen LogP contribution in [0.3, 0.4) is 0 Å². The van der Waals surface area contributed by atoms with Crippen LogP contribution in [0, 0.1) is 0 Å². The van der Waals surface area contributed by atoms with E-state index in [0.717, 1.165) is 35.5 Å². The van der Waals surface area contributed by atoms with Crippen LogP contribution in [-0.4, -0.2) is 20.0 Å². The van der Waals surface area contributed by atoms with E-state index >= 15 is 0 Å². The molecule has 2 aromatic carbocycles. The van der Waals surface area contributed by atoms with Crippen molar-refractivity contribution in [2.75, 3.05) is 14.2 Å². The number of ether oxygens (including phenoxy) is 2. The van der Waals surface area contributed by atoms with E-state index in [1.807, 2.05) is 36.4 Å². The zero-order valence-corrected chi connectivity index (χ0v) is 13.2. The molecule has 0 amide bonds. The number of fused-ring (bicyclic) bond motifs is 2. The van der Waals surface area contributed by atoms with Gasteiger partial charge in [0.2, 0.25) is 0 Å². The highest BCUT2D eigenvalue weighted by Crippen LogP contribution is 2.37. The topological polar surface area (TPSA) is 35.5 Å². The van der Waals surface area contributed by atoms with Crippen molar-refractivity contribution in [3.8, 4) is 11.5 Å². The van der Waals surface area contributed by atoms with Gasteiger partial charge in [-0.2, -0.15) is 0 Å². The standard InChI is InChI=1S/C19H20O3/c1-12(20)19-17-8-6-15(21-2)10-13(17)4-5-14-11-16(22-3)7-9-18(14)19/h6-11,19H,4-5H2,1-3H3. The minimum Gasteiger partial charge on any atom is -0.497 e. The second-order valence-electron chi connectivity index (χ2n) is 5.67. The molecular weight excluding hydrogens is 276 g/mol. The van der Waals surface area contributed by atoms with Crippen LogP contribution in [-0.2, 0) is 17.6 Å². The van der Waals surface area contributed by atoms with Crippen LogP contribution in [0.2, 0.25) is 0 Å². The third-order valence-corrected chi connectivity index (χ3v) is 4.39. The number of benzene rings is 2. The Labute approximate surface area is 130 Å². The van der Waals surface area contributed by atoms with Crippen LogP contribution in [0.1, 0.15) is 35.1 Å². The Kier molecular flexibility index (Phi) is 3.88. The Morgan fingerprint density at radius 3 is 1.73 bits per heavy atom. The highest BCUT2D eigenvalue weighted by atomic mass is 16.5. The Balaban J connectivity index is 2.16. The summed E-state index contributed by atoms with van der Waals surface area (Å²) >= 11 is 0. The SMILES string of the molecule is COc1ccc2c(c1)CCc1cc(OC)ccc1C2C(C)=O. The quantitative estimate of drug-likeness (QED) is 0.869. The van der Waals surface area contributed by atoms with Gasteiger partial charge in [-0.25, -0.2) is 0 Å². The molecule has 0 radical (unpaired) electrons. The van der Waals surface area contributed by atoms with E-state index in [2.05, 4.69) is 0 Å². The third-order valence-electron chi connectivity index (χ3n) is 4.39. The maximum Gasteiger partial charge on any atom is 0.141 e. The van der Waals surface area contributed by atoms with Gasteiger partial charge in [0.05, 0.1) is 20.1 Å². The summed E-state index contributed by atoms with van der Waals surface area (Å²) < 4.78 is 10.7. The average molecular weight is 296 g/mol. The Morgan fingerprint density at radius 1 is 0.909 bits per heavy atom. The number of ketones is 1. The molecule has 0 unspecified atom stereocenters. The number of methoxy groups -OCH3 is 2. The summed E-state index contributed by atoms with van der Waals surface area (Å²) in [4.78, 5) is 12.3. The summed E-state index contributed by atoms with van der Waals surface area (Å²) in [6, 6.07) is 12.0. The van der Waals surface area contributed by atoms with Crippen LogP contribution in [0.15, 0.2) is 36.4 Å². The lowest BCUT2D eigenvalue weighted by Gasteiger charge is -2.18. The lowest BCUT2D eigenvalue weighted by molar-refractivity contribution is -0.117. The highest BCUT2D eigenvalue weighted by Gasteiger charge is 2.27. The van der Waals surface area contributed by atoms with E-state index in [1.165, 1.54) is 11.1 Å². The molecule has 3 heteroatoms. The minimum atomic E-state index is -0.204. The first kappa shape index (κ1) is 14.6. The van der Waals surface area contributed by atoms with E-state index in [4.69, 9.17) is 9.47 Å². The first-order chi connectivity index (χ1) is 10.6. The zero-order valence-electron chi connectivity index (χ0n) is 13.2. The molecule has 1 aliphatic rings. The van der Waals surface area contributed by atoms with Gasteiger partial charge in [-0.15, -0.1) is 0 Å². The van der Waals surface area contributed by atoms with Gasteiger partial charge in [0.15, 0.2) is 0 Å². The highest BCUT2D eigenvalue weighted by molar-refractivity contribution is 5.88. The summed E-state index contributed by atoms with van der Waals surface area (Å²) in [5.41, 5.74) is 4.57. The molecule has 0 aromatic heterocycles. The van der Waals surface area contributed by atoms with Gasteiger partial charge >= 0.3 is 0 Å². The Bertz CT molecular complexity index is 663. The monoisotopic (exact) mass is 296 g/mol. The van der Waals surface area contributed by atoms with Crippen LogP contribution >= 0.6 is 0 Å². The van der Waals surface area contributed by atoms with Gasteiger partial charge in [-0.1, -0.05) is 12.1 Å². The summed E-state index contributed by atoms with van der Waals surface area (Å²) in [6.07, 6.45) is 1.80. The zero-order chi connectivity index (χ0) is 15.7. The van der Waals surface area contributed by atoms with Crippen LogP contribution in [0.5, 0.6) is 11.5 Å². The van der Waals surface area contributed by atoms with Crippen molar-refractivity contribution in [2.24, 2.45) is 0 Å². The van der Waals surface area contributed by atoms with E-state index in [1.54, 1.807) is 21.1 Å². The van der Waals surface area contributed by atoms with Crippen LogP contribution < -0.4 is 9.47 Å². The molecule has 2 aromatic rings. The van der Waals surface area contributed by atoms with Crippen molar-refractivity contribution in [3.05, 3.63) is 58.7 Å². The normalized spacial score (nSPS) is 13.8. The first-order valence-electron chi connectivity index (χ1n) is 7.48. The molecule has 3 rings (SSSR count). The van der Waals surface area contributed by atoms with Crippen molar-refractivity contribution >= 4 is 5.78 Å². The molecule has 0 bridgehead atoms. The maximum atomic E-state index is 12.3. The fourth-order valence-corrected chi connectivity index (χ4v) is 3.29. The molecule has 0 fully saturated rings. The van der Waals surface area contributed by atoms with Crippen molar-refractivity contribution in [1.82, 2.24) is 0 Å². The molecule has 3 nitrogen and oxygen atoms in total. The fourth-order valence-electron chi connectivity index (χ4n) is 3.29. The van der Waals surface area contributed by atoms with E-state index < -0.39 is 0 Å². The second kappa shape index (κ2) is 5.84. The van der Waals surface area contributed by atoms with Crippen LogP contribution in [0.25, 0.3) is 0 Å². The number of carbonyl (C=O) groups is 1. The van der Waals surface area contributed by atoms with Crippen molar-refractivity contribution in [2.45, 2.75) is 25.7 Å². The Hall–Kier alpha value is -2.29.